The number of hydrogen-bond acceptors (Lipinski definition) is 41. The highest BCUT2D eigenvalue weighted by Crippen LogP contribution is 2.76. The molecule has 21 N–H and O–H groups in total. The number of rotatable bonds is 21. The molecule has 686 valence electrons. The zero-order valence-electron chi connectivity index (χ0n) is 68.1. The first-order valence-electron chi connectivity index (χ1n) is 41.3. The Balaban J connectivity index is 0.779. The predicted octanol–water partition coefficient (Wildman–Crippen LogP) is -7.56. The van der Waals surface area contributed by atoms with Crippen LogP contribution in [0.3, 0.4) is 0 Å². The second kappa shape index (κ2) is 35.8. The van der Waals surface area contributed by atoms with Crippen molar-refractivity contribution in [3.63, 3.8) is 0 Å². The van der Waals surface area contributed by atoms with Crippen molar-refractivity contribution in [2.45, 2.75) is 373 Å². The van der Waals surface area contributed by atoms with E-state index in [1.807, 2.05) is 13.8 Å². The summed E-state index contributed by atoms with van der Waals surface area (Å²) in [7, 11) is 0. The third-order valence-electron chi connectivity index (χ3n) is 29.2. The SMILES string of the molecule is CC(=O)OC1C(O)C(C)OC(OC2C(O)C(C)OC(OC(=O)C34CCC(C)(C)CC3C3=CCC5C6(C)CCC(OC7OC(C(=O)O)C(O)C(OC8OCC(O)C(O)C8O)C7OC7OC(CO)C(O)C(O)C7O)C(C)(C=O)C6CCC5(C)C3(C)CC4O)C2OC2OC(C)C(OC3OCC(O)C(OC4OC(CO)C(O)C(O)C4O)C3O)C(O)C2O)C1O. The Kier molecular flexibility index (Phi) is 28.1. The van der Waals surface area contributed by atoms with E-state index in [1.54, 1.807) is 6.92 Å². The van der Waals surface area contributed by atoms with Crippen molar-refractivity contribution in [1.29, 1.82) is 0 Å². The van der Waals surface area contributed by atoms with Crippen LogP contribution < -0.4 is 0 Å². The zero-order valence-corrected chi connectivity index (χ0v) is 68.1. The molecular weight excluding hydrogens is 1610 g/mol. The van der Waals surface area contributed by atoms with Crippen LogP contribution in [0.2, 0.25) is 0 Å². The standard InChI is InChI=1S/C78H122O42/c1-26-40(86)57(109-29(4)82)54(100)69(106-26)116-58-41(87)27(2)107-70(61(58)118-66-51(97)47(93)55(28(3)108-66)113-65-53(99)56(33(84)24-105-65)114-67-49(95)45(91)43(89)34(21-79)110-67)120-72(103)78-18-17-73(5,6)19-31(78)30-11-12-37-74(7)15-14-39(75(8,25-81)36(74)13-16-76(37,9)77(30,10)20-38(78)85)112-71-62(119-68-50(96)46(92)44(90)35(22-80)111-68)59(52(98)60(117-71)63(101)102)115-64-48(94)42(88)32(83)23-104-64/h11,25-28,31-62,64-71,79-80,83-100H,12-24H2,1-10H3,(H,101,102). The number of ether oxygens (including phenoxy) is 17. The van der Waals surface area contributed by atoms with Crippen molar-refractivity contribution in [3.8, 4) is 0 Å². The van der Waals surface area contributed by atoms with Gasteiger partial charge in [0.15, 0.2) is 62.3 Å². The van der Waals surface area contributed by atoms with E-state index in [0.29, 0.717) is 38.5 Å². The van der Waals surface area contributed by atoms with Crippen LogP contribution in [-0.4, -0.2) is 404 Å². The van der Waals surface area contributed by atoms with Crippen molar-refractivity contribution in [3.05, 3.63) is 11.6 Å². The minimum atomic E-state index is -2.25. The van der Waals surface area contributed by atoms with E-state index in [-0.39, 0.29) is 25.2 Å². The van der Waals surface area contributed by atoms with Crippen molar-refractivity contribution in [1.82, 2.24) is 0 Å². The molecule has 42 nitrogen and oxygen atoms in total. The van der Waals surface area contributed by atoms with Crippen LogP contribution in [0.15, 0.2) is 11.6 Å². The lowest BCUT2D eigenvalue weighted by Crippen LogP contribution is -2.69. The smallest absolute Gasteiger partial charge is 0.335 e. The van der Waals surface area contributed by atoms with Crippen LogP contribution in [0.5, 0.6) is 0 Å². The van der Waals surface area contributed by atoms with Gasteiger partial charge in [-0.3, -0.25) is 9.59 Å². The highest BCUT2D eigenvalue weighted by molar-refractivity contribution is 5.80. The minimum absolute atomic E-state index is 0.0313. The topological polar surface area (TPSA) is 650 Å². The third kappa shape index (κ3) is 16.5. The fraction of sp³-hybridized carbons (Fsp3) is 0.923. The van der Waals surface area contributed by atoms with Crippen LogP contribution in [-0.2, 0) is 99.7 Å². The highest BCUT2D eigenvalue weighted by atomic mass is 16.8. The van der Waals surface area contributed by atoms with Crippen LogP contribution in [0.1, 0.15) is 127 Å². The lowest BCUT2D eigenvalue weighted by atomic mass is 9.33. The number of aliphatic carboxylic acids is 1. The second-order valence-electron chi connectivity index (χ2n) is 36.9. The van der Waals surface area contributed by atoms with Crippen molar-refractivity contribution in [2.24, 2.45) is 50.2 Å². The number of aliphatic hydroxyl groups is 20. The summed E-state index contributed by atoms with van der Waals surface area (Å²) in [6.45, 7) is 14.2. The van der Waals surface area contributed by atoms with Gasteiger partial charge in [-0.15, -0.1) is 0 Å². The normalized spacial score (nSPS) is 54.1. The Labute approximate surface area is 689 Å². The highest BCUT2D eigenvalue weighted by Gasteiger charge is 2.74. The molecular formula is C78H122O42. The number of carboxylic acids is 1. The zero-order chi connectivity index (χ0) is 87.8. The van der Waals surface area contributed by atoms with Crippen molar-refractivity contribution < 1.29 is 207 Å². The number of hydrogen-bond donors (Lipinski definition) is 21. The minimum Gasteiger partial charge on any atom is -0.479 e. The molecule has 0 aromatic heterocycles. The summed E-state index contributed by atoms with van der Waals surface area (Å²) in [4.78, 5) is 56.2. The van der Waals surface area contributed by atoms with Gasteiger partial charge < -0.3 is 193 Å². The van der Waals surface area contributed by atoms with Gasteiger partial charge in [0.2, 0.25) is 6.29 Å². The molecule has 13 rings (SSSR count). The molecule has 0 aromatic carbocycles. The fourth-order valence-corrected chi connectivity index (χ4v) is 22.0. The van der Waals surface area contributed by atoms with Gasteiger partial charge in [-0.2, -0.15) is 0 Å². The Morgan fingerprint density at radius 2 is 0.942 bits per heavy atom. The maximum absolute atomic E-state index is 16.3. The predicted molar refractivity (Wildman–Crippen MR) is 389 cm³/mol. The maximum Gasteiger partial charge on any atom is 0.335 e. The fourth-order valence-electron chi connectivity index (χ4n) is 22.0. The number of aliphatic hydroxyl groups excluding tert-OH is 20. The number of allylic oxidation sites excluding steroid dienone is 2. The molecule has 4 saturated carbocycles. The lowest BCUT2D eigenvalue weighted by Gasteiger charge is -2.71. The number of carboxylic acid groups (broad SMARTS) is 1. The molecule has 42 heteroatoms. The molecule has 13 aliphatic rings. The van der Waals surface area contributed by atoms with Gasteiger partial charge in [0.25, 0.3) is 0 Å². The molecule has 48 unspecified atom stereocenters. The summed E-state index contributed by atoms with van der Waals surface area (Å²) >= 11 is 0. The Bertz CT molecular complexity index is 3580. The van der Waals surface area contributed by atoms with Gasteiger partial charge in [-0.1, -0.05) is 53.2 Å². The summed E-state index contributed by atoms with van der Waals surface area (Å²) < 4.78 is 103. The Morgan fingerprint density at radius 3 is 1.53 bits per heavy atom. The first-order chi connectivity index (χ1) is 56.3. The number of carbonyl (C=O) groups excluding carboxylic acids is 3. The maximum atomic E-state index is 16.3. The lowest BCUT2D eigenvalue weighted by molar-refractivity contribution is -0.393. The first kappa shape index (κ1) is 94.0. The average molecular weight is 1730 g/mol. The Hall–Kier alpha value is -3.58. The molecule has 8 aliphatic heterocycles. The largest absolute Gasteiger partial charge is 0.479 e. The quantitative estimate of drug-likeness (QED) is 0.0220. The number of fused-ring (bicyclic) bond motifs is 7. The second-order valence-corrected chi connectivity index (χ2v) is 36.9. The molecule has 8 heterocycles. The Morgan fingerprint density at radius 1 is 0.450 bits per heavy atom. The summed E-state index contributed by atoms with van der Waals surface area (Å²) in [5.41, 5.74) is -5.40. The summed E-state index contributed by atoms with van der Waals surface area (Å²) in [5.74, 6) is -5.30. The van der Waals surface area contributed by atoms with E-state index in [2.05, 4.69) is 26.8 Å². The van der Waals surface area contributed by atoms with Gasteiger partial charge in [-0.05, 0) is 118 Å². The van der Waals surface area contributed by atoms with E-state index < -0.39 is 334 Å². The van der Waals surface area contributed by atoms with E-state index in [0.717, 1.165) is 18.8 Å². The van der Waals surface area contributed by atoms with E-state index in [4.69, 9.17) is 80.5 Å². The molecule has 120 heavy (non-hydrogen) atoms. The summed E-state index contributed by atoms with van der Waals surface area (Å²) in [6.07, 6.45) is -68.3. The van der Waals surface area contributed by atoms with Gasteiger partial charge in [0.1, 0.15) is 158 Å². The molecule has 0 aromatic rings. The molecule has 0 spiro atoms. The molecule has 0 radical (unpaired) electrons. The third-order valence-corrected chi connectivity index (χ3v) is 29.2. The van der Waals surface area contributed by atoms with Gasteiger partial charge in [0.05, 0.1) is 62.4 Å². The molecule has 8 saturated heterocycles. The molecule has 48 atom stereocenters. The van der Waals surface area contributed by atoms with Gasteiger partial charge >= 0.3 is 17.9 Å². The van der Waals surface area contributed by atoms with E-state index >= 15 is 4.79 Å². The monoisotopic (exact) mass is 1730 g/mol. The molecule has 0 amide bonds. The summed E-state index contributed by atoms with van der Waals surface area (Å²) in [5, 5.41) is 234. The first-order valence-corrected chi connectivity index (χ1v) is 41.3. The van der Waals surface area contributed by atoms with Crippen LogP contribution in [0.4, 0.5) is 0 Å². The number of aldehydes is 1. The van der Waals surface area contributed by atoms with Crippen LogP contribution in [0.25, 0.3) is 0 Å². The van der Waals surface area contributed by atoms with Gasteiger partial charge in [0, 0.05) is 6.92 Å². The number of esters is 2. The molecule has 12 fully saturated rings. The average Bonchev–Trinajstić information content (AvgIpc) is 0.668. The molecule has 5 aliphatic carbocycles. The summed E-state index contributed by atoms with van der Waals surface area (Å²) in [6, 6.07) is 0. The van der Waals surface area contributed by atoms with Crippen LogP contribution in [0, 0.1) is 50.2 Å². The number of carbonyl (C=O) groups is 4. The van der Waals surface area contributed by atoms with E-state index in [9.17, 15) is 122 Å². The molecule has 0 bridgehead atoms. The van der Waals surface area contributed by atoms with Crippen molar-refractivity contribution in [2.75, 3.05) is 26.4 Å². The van der Waals surface area contributed by atoms with Crippen LogP contribution >= 0.6 is 0 Å². The van der Waals surface area contributed by atoms with Crippen molar-refractivity contribution >= 4 is 24.2 Å². The van der Waals surface area contributed by atoms with E-state index in [1.165, 1.54) is 20.8 Å². The van der Waals surface area contributed by atoms with Gasteiger partial charge in [-0.25, -0.2) is 4.79 Å².